The second kappa shape index (κ2) is 7.42. The predicted octanol–water partition coefficient (Wildman–Crippen LogP) is 2.82. The number of para-hydroxylation sites is 1. The van der Waals surface area contributed by atoms with Crippen molar-refractivity contribution in [2.24, 2.45) is 0 Å². The number of aromatic amines is 1. The first-order valence-corrected chi connectivity index (χ1v) is 7.03. The van der Waals surface area contributed by atoms with Gasteiger partial charge in [-0.3, -0.25) is 9.59 Å². The molecule has 1 aromatic carbocycles. The Labute approximate surface area is 136 Å². The van der Waals surface area contributed by atoms with Crippen LogP contribution in [0.15, 0.2) is 47.4 Å². The summed E-state index contributed by atoms with van der Waals surface area (Å²) in [4.78, 5) is 27.9. The van der Waals surface area contributed by atoms with Crippen molar-refractivity contribution < 1.29 is 9.90 Å². The summed E-state index contributed by atoms with van der Waals surface area (Å²) in [5.41, 5.74) is 1.11. The fourth-order valence-electron chi connectivity index (χ4n) is 1.95. The standard InChI is InChI=1S/C10H6ClNO.C6H8N2O2/c11-9-5-4-7-2-1-3-8(6-13)10(7)12-9;1-7-5-4(9)2-3-8-6(5)10/h1-6H;2-3,7H,1H3,(H2,8,9,10). The molecule has 23 heavy (non-hydrogen) atoms. The molecule has 2 aromatic heterocycles. The van der Waals surface area contributed by atoms with Crippen molar-refractivity contribution in [1.82, 2.24) is 9.97 Å². The molecule has 0 spiro atoms. The highest BCUT2D eigenvalue weighted by molar-refractivity contribution is 6.29. The number of aromatic nitrogens is 2. The van der Waals surface area contributed by atoms with Gasteiger partial charge >= 0.3 is 0 Å². The zero-order valence-corrected chi connectivity index (χ0v) is 13.0. The average molecular weight is 332 g/mol. The molecule has 2 heterocycles. The van der Waals surface area contributed by atoms with E-state index in [9.17, 15) is 9.59 Å². The maximum absolute atomic E-state index is 10.8. The Kier molecular flexibility index (Phi) is 5.32. The lowest BCUT2D eigenvalue weighted by Crippen LogP contribution is -2.10. The molecule has 0 amide bonds. The van der Waals surface area contributed by atoms with Gasteiger partial charge in [0.1, 0.15) is 16.6 Å². The number of rotatable bonds is 2. The van der Waals surface area contributed by atoms with E-state index in [1.807, 2.05) is 18.2 Å². The minimum Gasteiger partial charge on any atom is -0.506 e. The van der Waals surface area contributed by atoms with Crippen LogP contribution in [0.3, 0.4) is 0 Å². The van der Waals surface area contributed by atoms with Gasteiger partial charge in [0.05, 0.1) is 5.52 Å². The second-order valence-electron chi connectivity index (χ2n) is 4.49. The number of nitrogens with zero attached hydrogens (tertiary/aromatic N) is 1. The van der Waals surface area contributed by atoms with Crippen LogP contribution in [0.25, 0.3) is 10.9 Å². The molecule has 7 heteroatoms. The van der Waals surface area contributed by atoms with Crippen LogP contribution in [-0.4, -0.2) is 28.4 Å². The second-order valence-corrected chi connectivity index (χ2v) is 4.88. The lowest BCUT2D eigenvalue weighted by molar-refractivity contribution is 0.112. The van der Waals surface area contributed by atoms with Gasteiger partial charge < -0.3 is 15.4 Å². The molecule has 0 atom stereocenters. The van der Waals surface area contributed by atoms with Gasteiger partial charge in [-0.05, 0) is 24.3 Å². The summed E-state index contributed by atoms with van der Waals surface area (Å²) < 4.78 is 0. The lowest BCUT2D eigenvalue weighted by Gasteiger charge is -1.99. The maximum Gasteiger partial charge on any atom is 0.275 e. The van der Waals surface area contributed by atoms with Crippen molar-refractivity contribution in [2.45, 2.75) is 0 Å². The van der Waals surface area contributed by atoms with Gasteiger partial charge in [0.2, 0.25) is 0 Å². The number of benzene rings is 1. The van der Waals surface area contributed by atoms with Crippen molar-refractivity contribution in [2.75, 3.05) is 12.4 Å². The summed E-state index contributed by atoms with van der Waals surface area (Å²) in [5, 5.41) is 12.9. The molecule has 118 valence electrons. The smallest absolute Gasteiger partial charge is 0.275 e. The van der Waals surface area contributed by atoms with Gasteiger partial charge in [0.15, 0.2) is 6.29 Å². The summed E-state index contributed by atoms with van der Waals surface area (Å²) in [5.74, 6) is -0.0359. The van der Waals surface area contributed by atoms with E-state index in [2.05, 4.69) is 15.3 Å². The van der Waals surface area contributed by atoms with Crippen LogP contribution in [-0.2, 0) is 0 Å². The molecule has 0 aliphatic carbocycles. The number of halogens is 1. The first-order chi connectivity index (χ1) is 11.1. The van der Waals surface area contributed by atoms with Crippen molar-refractivity contribution in [3.63, 3.8) is 0 Å². The lowest BCUT2D eigenvalue weighted by atomic mass is 10.1. The number of aromatic hydroxyl groups is 1. The van der Waals surface area contributed by atoms with Crippen LogP contribution in [0, 0.1) is 0 Å². The van der Waals surface area contributed by atoms with Crippen molar-refractivity contribution in [3.8, 4) is 5.75 Å². The highest BCUT2D eigenvalue weighted by atomic mass is 35.5. The molecule has 0 saturated heterocycles. The quantitative estimate of drug-likeness (QED) is 0.496. The Morgan fingerprint density at radius 1 is 1.26 bits per heavy atom. The Morgan fingerprint density at radius 3 is 2.65 bits per heavy atom. The molecular formula is C16H14ClN3O3. The van der Waals surface area contributed by atoms with Gasteiger partial charge in [0.25, 0.3) is 5.56 Å². The van der Waals surface area contributed by atoms with E-state index in [1.165, 1.54) is 12.3 Å². The van der Waals surface area contributed by atoms with Crippen LogP contribution in [0.5, 0.6) is 5.75 Å². The molecule has 0 unspecified atom stereocenters. The minimum atomic E-state index is -0.317. The molecule has 0 saturated carbocycles. The molecule has 0 bridgehead atoms. The topological polar surface area (TPSA) is 95.1 Å². The van der Waals surface area contributed by atoms with E-state index < -0.39 is 0 Å². The monoisotopic (exact) mass is 331 g/mol. The molecule has 6 nitrogen and oxygen atoms in total. The number of aldehydes is 1. The minimum absolute atomic E-state index is 0.0359. The van der Waals surface area contributed by atoms with Gasteiger partial charge in [-0.25, -0.2) is 4.98 Å². The van der Waals surface area contributed by atoms with Crippen LogP contribution < -0.4 is 10.9 Å². The summed E-state index contributed by atoms with van der Waals surface area (Å²) in [7, 11) is 1.57. The molecule has 0 aliphatic heterocycles. The number of hydrogen-bond acceptors (Lipinski definition) is 5. The summed E-state index contributed by atoms with van der Waals surface area (Å²) in [6.45, 7) is 0. The number of fused-ring (bicyclic) bond motifs is 1. The molecule has 3 rings (SSSR count). The summed E-state index contributed by atoms with van der Waals surface area (Å²) >= 11 is 5.72. The molecule has 0 fully saturated rings. The van der Waals surface area contributed by atoms with Crippen molar-refractivity contribution >= 4 is 34.5 Å². The third kappa shape index (κ3) is 3.87. The molecular weight excluding hydrogens is 318 g/mol. The highest BCUT2D eigenvalue weighted by Gasteiger charge is 2.01. The largest absolute Gasteiger partial charge is 0.506 e. The molecule has 3 aromatic rings. The van der Waals surface area contributed by atoms with E-state index in [4.69, 9.17) is 16.7 Å². The van der Waals surface area contributed by atoms with E-state index >= 15 is 0 Å². The van der Waals surface area contributed by atoms with E-state index in [0.29, 0.717) is 16.2 Å². The molecule has 0 aliphatic rings. The number of carbonyl (C=O) groups is 1. The van der Waals surface area contributed by atoms with Gasteiger partial charge in [-0.2, -0.15) is 0 Å². The highest BCUT2D eigenvalue weighted by Crippen LogP contribution is 2.17. The first-order valence-electron chi connectivity index (χ1n) is 6.65. The normalized spacial score (nSPS) is 9.83. The first kappa shape index (κ1) is 16.5. The Hall–Kier alpha value is -2.86. The number of anilines is 1. The third-order valence-corrected chi connectivity index (χ3v) is 3.24. The van der Waals surface area contributed by atoms with Crippen LogP contribution in [0.4, 0.5) is 5.69 Å². The predicted molar refractivity (Wildman–Crippen MR) is 90.4 cm³/mol. The van der Waals surface area contributed by atoms with Crippen LogP contribution in [0.2, 0.25) is 5.15 Å². The van der Waals surface area contributed by atoms with Crippen molar-refractivity contribution in [1.29, 1.82) is 0 Å². The number of hydrogen-bond donors (Lipinski definition) is 3. The van der Waals surface area contributed by atoms with Crippen LogP contribution in [0.1, 0.15) is 10.4 Å². The van der Waals surface area contributed by atoms with E-state index in [-0.39, 0.29) is 17.0 Å². The average Bonchev–Trinajstić information content (AvgIpc) is 2.55. The van der Waals surface area contributed by atoms with Gasteiger partial charge in [-0.1, -0.05) is 23.7 Å². The SMILES string of the molecule is CNc1c(O)cc[nH]c1=O.O=Cc1cccc2ccc(Cl)nc12. The number of H-pyrrole nitrogens is 1. The van der Waals surface area contributed by atoms with Crippen molar-refractivity contribution in [3.05, 3.63) is 63.7 Å². The fraction of sp³-hybridized carbons (Fsp3) is 0.0625. The zero-order valence-electron chi connectivity index (χ0n) is 12.2. The third-order valence-electron chi connectivity index (χ3n) is 3.03. The van der Waals surface area contributed by atoms with Gasteiger partial charge in [0, 0.05) is 24.2 Å². The maximum atomic E-state index is 10.8. The van der Waals surface area contributed by atoms with Crippen LogP contribution >= 0.6 is 11.6 Å². The Balaban J connectivity index is 0.000000174. The number of nitrogens with one attached hydrogen (secondary N) is 2. The fourth-order valence-corrected chi connectivity index (χ4v) is 2.10. The summed E-state index contributed by atoms with van der Waals surface area (Å²) in [6, 6.07) is 10.4. The Bertz CT molecular complexity index is 893. The zero-order chi connectivity index (χ0) is 16.8. The summed E-state index contributed by atoms with van der Waals surface area (Å²) in [6.07, 6.45) is 2.17. The van der Waals surface area contributed by atoms with Gasteiger partial charge in [-0.15, -0.1) is 0 Å². The molecule has 0 radical (unpaired) electrons. The van der Waals surface area contributed by atoms with E-state index in [1.54, 1.807) is 19.2 Å². The molecule has 3 N–H and O–H groups in total. The number of pyridine rings is 2. The Morgan fingerprint density at radius 2 is 2.04 bits per heavy atom. The number of carbonyl (C=O) groups excluding carboxylic acids is 1. The van der Waals surface area contributed by atoms with E-state index in [0.717, 1.165) is 11.7 Å².